The normalized spacial score (nSPS) is 21.8. The average Bonchev–Trinajstić information content (AvgIpc) is 2.92. The first-order valence-electron chi connectivity index (χ1n) is 7.44. The minimum atomic E-state index is -0.231. The molecule has 116 valence electrons. The molecule has 0 radical (unpaired) electrons. The number of methoxy groups -OCH3 is 1. The Kier molecular flexibility index (Phi) is 7.54. The molecule has 2 amide bonds. The second kappa shape index (κ2) is 8.92. The fourth-order valence-electron chi connectivity index (χ4n) is 2.32. The summed E-state index contributed by atoms with van der Waals surface area (Å²) in [5.74, 6) is -0.0898. The lowest BCUT2D eigenvalue weighted by Gasteiger charge is -2.24. The summed E-state index contributed by atoms with van der Waals surface area (Å²) in [6.07, 6.45) is 2.49. The Labute approximate surface area is 121 Å². The molecule has 0 aromatic rings. The summed E-state index contributed by atoms with van der Waals surface area (Å²) in [6, 6.07) is -0.231. The lowest BCUT2D eigenvalue weighted by Crippen LogP contribution is -2.48. The Bertz CT molecular complexity index is 323. The zero-order valence-electron chi connectivity index (χ0n) is 12.8. The van der Waals surface area contributed by atoms with Crippen molar-refractivity contribution in [1.29, 1.82) is 0 Å². The van der Waals surface area contributed by atoms with Gasteiger partial charge in [-0.3, -0.25) is 9.59 Å². The summed E-state index contributed by atoms with van der Waals surface area (Å²) < 4.78 is 5.25. The first-order valence-corrected chi connectivity index (χ1v) is 7.44. The van der Waals surface area contributed by atoms with Crippen molar-refractivity contribution in [3.05, 3.63) is 0 Å². The van der Waals surface area contributed by atoms with Crippen LogP contribution in [0.3, 0.4) is 0 Å². The van der Waals surface area contributed by atoms with Crippen molar-refractivity contribution in [2.24, 2.45) is 0 Å². The topological polar surface area (TPSA) is 70.7 Å². The van der Waals surface area contributed by atoms with E-state index in [1.54, 1.807) is 12.0 Å². The van der Waals surface area contributed by atoms with E-state index in [1.807, 2.05) is 13.8 Å². The van der Waals surface area contributed by atoms with E-state index in [2.05, 4.69) is 10.6 Å². The number of rotatable bonds is 8. The Morgan fingerprint density at radius 2 is 2.10 bits per heavy atom. The summed E-state index contributed by atoms with van der Waals surface area (Å²) in [5.41, 5.74) is 0. The van der Waals surface area contributed by atoms with E-state index in [-0.39, 0.29) is 30.5 Å². The molecule has 0 saturated carbocycles. The minimum Gasteiger partial charge on any atom is -0.380 e. The van der Waals surface area contributed by atoms with Gasteiger partial charge in [-0.25, -0.2) is 0 Å². The molecule has 2 unspecified atom stereocenters. The van der Waals surface area contributed by atoms with Gasteiger partial charge in [-0.05, 0) is 19.3 Å². The molecule has 20 heavy (non-hydrogen) atoms. The molecule has 1 heterocycles. The molecule has 0 aromatic carbocycles. The molecule has 0 bridgehead atoms. The van der Waals surface area contributed by atoms with E-state index < -0.39 is 0 Å². The van der Waals surface area contributed by atoms with Gasteiger partial charge in [0.1, 0.15) is 0 Å². The molecule has 1 aliphatic heterocycles. The predicted molar refractivity (Wildman–Crippen MR) is 77.4 cm³/mol. The monoisotopic (exact) mass is 285 g/mol. The number of ether oxygens (including phenoxy) is 1. The van der Waals surface area contributed by atoms with Gasteiger partial charge in [0.25, 0.3) is 0 Å². The third kappa shape index (κ3) is 5.09. The molecule has 2 atom stereocenters. The van der Waals surface area contributed by atoms with Crippen LogP contribution in [-0.4, -0.2) is 62.1 Å². The van der Waals surface area contributed by atoms with Gasteiger partial charge in [-0.15, -0.1) is 0 Å². The number of hydrogen-bond acceptors (Lipinski definition) is 4. The van der Waals surface area contributed by atoms with E-state index in [0.29, 0.717) is 26.1 Å². The van der Waals surface area contributed by atoms with Crippen LogP contribution in [0, 0.1) is 0 Å². The average molecular weight is 285 g/mol. The van der Waals surface area contributed by atoms with E-state index >= 15 is 0 Å². The molecular weight excluding hydrogens is 258 g/mol. The van der Waals surface area contributed by atoms with Gasteiger partial charge in [0.2, 0.25) is 11.8 Å². The maximum atomic E-state index is 12.4. The Morgan fingerprint density at radius 3 is 2.65 bits per heavy atom. The summed E-state index contributed by atoms with van der Waals surface area (Å²) in [4.78, 5) is 25.9. The highest BCUT2D eigenvalue weighted by Crippen LogP contribution is 2.12. The third-order valence-electron chi connectivity index (χ3n) is 3.43. The Balaban J connectivity index is 2.52. The molecule has 1 saturated heterocycles. The molecule has 6 heteroatoms. The van der Waals surface area contributed by atoms with Crippen molar-refractivity contribution in [2.45, 2.75) is 45.3 Å². The van der Waals surface area contributed by atoms with Crippen LogP contribution < -0.4 is 10.6 Å². The zero-order valence-corrected chi connectivity index (χ0v) is 12.8. The van der Waals surface area contributed by atoms with Crippen molar-refractivity contribution in [3.63, 3.8) is 0 Å². The van der Waals surface area contributed by atoms with E-state index in [1.165, 1.54) is 0 Å². The molecule has 1 fully saturated rings. The van der Waals surface area contributed by atoms with Gasteiger partial charge in [0.15, 0.2) is 0 Å². The fraction of sp³-hybridized carbons (Fsp3) is 0.857. The minimum absolute atomic E-state index is 0.00181. The highest BCUT2D eigenvalue weighted by Gasteiger charge is 2.32. The van der Waals surface area contributed by atoms with Gasteiger partial charge >= 0.3 is 0 Å². The summed E-state index contributed by atoms with van der Waals surface area (Å²) in [7, 11) is 1.65. The summed E-state index contributed by atoms with van der Waals surface area (Å²) in [5, 5.41) is 5.97. The van der Waals surface area contributed by atoms with Gasteiger partial charge in [-0.2, -0.15) is 0 Å². The molecule has 6 nitrogen and oxygen atoms in total. The van der Waals surface area contributed by atoms with Gasteiger partial charge < -0.3 is 20.3 Å². The largest absolute Gasteiger partial charge is 0.380 e. The number of nitrogens with zero attached hydrogens (tertiary/aromatic N) is 1. The van der Waals surface area contributed by atoms with Crippen LogP contribution in [0.15, 0.2) is 0 Å². The molecular formula is C14H27N3O3. The second-order valence-electron chi connectivity index (χ2n) is 5.16. The Hall–Kier alpha value is -1.14. The lowest BCUT2D eigenvalue weighted by molar-refractivity contribution is -0.137. The highest BCUT2D eigenvalue weighted by molar-refractivity contribution is 5.87. The summed E-state index contributed by atoms with van der Waals surface area (Å²) in [6.45, 7) is 6.10. The van der Waals surface area contributed by atoms with E-state index in [4.69, 9.17) is 4.74 Å². The van der Waals surface area contributed by atoms with E-state index in [0.717, 1.165) is 12.8 Å². The molecule has 1 rings (SSSR count). The molecule has 1 aliphatic rings. The van der Waals surface area contributed by atoms with E-state index in [9.17, 15) is 9.59 Å². The van der Waals surface area contributed by atoms with Crippen LogP contribution in [0.5, 0.6) is 0 Å². The SMILES string of the molecule is CCCNC(=O)CN(CCC)C(=O)C1CC(OC)CN1. The first-order chi connectivity index (χ1) is 9.62. The highest BCUT2D eigenvalue weighted by atomic mass is 16.5. The van der Waals surface area contributed by atoms with Crippen molar-refractivity contribution in [3.8, 4) is 0 Å². The fourth-order valence-corrected chi connectivity index (χ4v) is 2.32. The zero-order chi connectivity index (χ0) is 15.0. The van der Waals surface area contributed by atoms with Crippen LogP contribution in [0.1, 0.15) is 33.1 Å². The quantitative estimate of drug-likeness (QED) is 0.665. The molecule has 2 N–H and O–H groups in total. The number of hydrogen-bond donors (Lipinski definition) is 2. The predicted octanol–water partition coefficient (Wildman–Crippen LogP) is 0.128. The number of nitrogens with one attached hydrogen (secondary N) is 2. The standard InChI is InChI=1S/C14H27N3O3/c1-4-6-15-13(18)10-17(7-5-2)14(19)12-8-11(20-3)9-16-12/h11-12,16H,4-10H2,1-3H3,(H,15,18). The molecule has 0 aromatic heterocycles. The number of carbonyl (C=O) groups excluding carboxylic acids is 2. The number of carbonyl (C=O) groups is 2. The smallest absolute Gasteiger partial charge is 0.240 e. The second-order valence-corrected chi connectivity index (χ2v) is 5.16. The van der Waals surface area contributed by atoms with Gasteiger partial charge in [0.05, 0.1) is 18.7 Å². The number of amides is 2. The summed E-state index contributed by atoms with van der Waals surface area (Å²) >= 11 is 0. The van der Waals surface area contributed by atoms with Gasteiger partial charge in [-0.1, -0.05) is 13.8 Å². The van der Waals surface area contributed by atoms with Crippen LogP contribution in [0.4, 0.5) is 0 Å². The van der Waals surface area contributed by atoms with Crippen LogP contribution in [-0.2, 0) is 14.3 Å². The van der Waals surface area contributed by atoms with Crippen LogP contribution in [0.25, 0.3) is 0 Å². The van der Waals surface area contributed by atoms with Crippen molar-refractivity contribution in [2.75, 3.05) is 33.3 Å². The van der Waals surface area contributed by atoms with Gasteiger partial charge in [0, 0.05) is 26.7 Å². The Morgan fingerprint density at radius 1 is 1.35 bits per heavy atom. The maximum Gasteiger partial charge on any atom is 0.240 e. The third-order valence-corrected chi connectivity index (χ3v) is 3.43. The van der Waals surface area contributed by atoms with Crippen molar-refractivity contribution >= 4 is 11.8 Å². The lowest BCUT2D eigenvalue weighted by atomic mass is 10.1. The van der Waals surface area contributed by atoms with Crippen molar-refractivity contribution in [1.82, 2.24) is 15.5 Å². The maximum absolute atomic E-state index is 12.4. The molecule has 0 aliphatic carbocycles. The first kappa shape index (κ1) is 16.9. The van der Waals surface area contributed by atoms with Crippen LogP contribution >= 0.6 is 0 Å². The van der Waals surface area contributed by atoms with Crippen molar-refractivity contribution < 1.29 is 14.3 Å². The van der Waals surface area contributed by atoms with Crippen LogP contribution in [0.2, 0.25) is 0 Å². The molecule has 0 spiro atoms.